The van der Waals surface area contributed by atoms with Gasteiger partial charge in [-0.05, 0) is 0 Å². The third kappa shape index (κ3) is 0. The molecule has 0 aliphatic rings. The summed E-state index contributed by atoms with van der Waals surface area (Å²) in [5.41, 5.74) is 0. The third-order valence-electron chi connectivity index (χ3n) is 0. The van der Waals surface area contributed by atoms with Gasteiger partial charge in [0.1, 0.15) is 0 Å². The van der Waals surface area contributed by atoms with Crippen LogP contribution in [0.15, 0.2) is 0 Å². The zero-order valence-electron chi connectivity index (χ0n) is 12.1. The molecule has 0 heterocycles. The molecule has 15 heavy (non-hydrogen) atoms. The van der Waals surface area contributed by atoms with Crippen molar-refractivity contribution in [1.29, 1.82) is 0 Å². The molecule has 0 heteroatoms. The minimum Gasteiger partial charge on any atom is -0.0776 e. The Balaban J connectivity index is -0.0000000105. The summed E-state index contributed by atoms with van der Waals surface area (Å²) in [6.07, 6.45) is 3.75. The standard InChI is InChI=1S/3C3H8.2C2H6.2CH4/c3*1-3-2;2*1-2;;/h3*3H2,1-2H3;2*1-2H3;2*1H4. The van der Waals surface area contributed by atoms with Crippen LogP contribution in [0.1, 0.15) is 103 Å². The molecule has 0 aromatic heterocycles. The molecule has 0 rings (SSSR count). The van der Waals surface area contributed by atoms with Gasteiger partial charge in [0.15, 0.2) is 0 Å². The Hall–Kier alpha value is 0. The van der Waals surface area contributed by atoms with Gasteiger partial charge in [0.25, 0.3) is 0 Å². The van der Waals surface area contributed by atoms with E-state index < -0.39 is 0 Å². The van der Waals surface area contributed by atoms with Crippen molar-refractivity contribution in [2.24, 2.45) is 0 Å². The van der Waals surface area contributed by atoms with Crippen LogP contribution in [0.2, 0.25) is 0 Å². The fourth-order valence-corrected chi connectivity index (χ4v) is 0. The summed E-state index contributed by atoms with van der Waals surface area (Å²) >= 11 is 0. The summed E-state index contributed by atoms with van der Waals surface area (Å²) < 4.78 is 0. The van der Waals surface area contributed by atoms with Crippen LogP contribution in [0.25, 0.3) is 0 Å². The molecule has 0 fully saturated rings. The van der Waals surface area contributed by atoms with E-state index in [4.69, 9.17) is 0 Å². The maximum Gasteiger partial charge on any atom is -0.0590 e. The molecule has 104 valence electrons. The molecule has 0 bridgehead atoms. The first-order valence-electron chi connectivity index (χ1n) is 6.24. The summed E-state index contributed by atoms with van der Waals surface area (Å²) in [4.78, 5) is 0. The van der Waals surface area contributed by atoms with Crippen LogP contribution in [0.5, 0.6) is 0 Å². The van der Waals surface area contributed by atoms with Crippen molar-refractivity contribution in [3.8, 4) is 0 Å². The Morgan fingerprint density at radius 2 is 0.400 bits per heavy atom. The Labute approximate surface area is 104 Å². The van der Waals surface area contributed by atoms with Gasteiger partial charge >= 0.3 is 0 Å². The first-order chi connectivity index (χ1) is 6.24. The first kappa shape index (κ1) is 45.9. The van der Waals surface area contributed by atoms with Gasteiger partial charge in [-0.25, -0.2) is 0 Å². The van der Waals surface area contributed by atoms with Crippen molar-refractivity contribution in [3.05, 3.63) is 0 Å². The minimum absolute atomic E-state index is 0. The lowest BCUT2D eigenvalue weighted by Crippen LogP contribution is -1.27. The molecule has 0 aliphatic heterocycles. The number of hydrogen-bond acceptors (Lipinski definition) is 0. The molecule has 0 aliphatic carbocycles. The average molecular weight is 225 g/mol. The second-order valence-corrected chi connectivity index (χ2v) is 2.12. The van der Waals surface area contributed by atoms with E-state index in [1.807, 2.05) is 27.7 Å². The molecule has 0 amide bonds. The summed E-state index contributed by atoms with van der Waals surface area (Å²) in [5.74, 6) is 0. The van der Waals surface area contributed by atoms with Gasteiger partial charge in [0, 0.05) is 0 Å². The Morgan fingerprint density at radius 3 is 0.400 bits per heavy atom. The lowest BCUT2D eigenvalue weighted by atomic mass is 10.6. The van der Waals surface area contributed by atoms with Crippen LogP contribution in [-0.2, 0) is 0 Å². The highest BCUT2D eigenvalue weighted by Crippen LogP contribution is 1.56. The zero-order chi connectivity index (χ0) is 12.1. The fraction of sp³-hybridized carbons (Fsp3) is 1.00. The lowest BCUT2D eigenvalue weighted by Gasteiger charge is -1.48. The number of rotatable bonds is 0. The van der Waals surface area contributed by atoms with E-state index in [-0.39, 0.29) is 14.9 Å². The van der Waals surface area contributed by atoms with Crippen molar-refractivity contribution in [2.45, 2.75) is 103 Å². The molecule has 0 N–H and O–H groups in total. The van der Waals surface area contributed by atoms with Crippen molar-refractivity contribution < 1.29 is 0 Å². The first-order valence-corrected chi connectivity index (χ1v) is 6.24. The van der Waals surface area contributed by atoms with E-state index >= 15 is 0 Å². The highest BCUT2D eigenvalue weighted by atomic mass is 13.4. The molecule has 0 atom stereocenters. The van der Waals surface area contributed by atoms with Gasteiger partial charge < -0.3 is 0 Å². The lowest BCUT2D eigenvalue weighted by molar-refractivity contribution is 1.09. The molecular weight excluding hydrogens is 180 g/mol. The molecule has 0 saturated heterocycles. The minimum atomic E-state index is 0. The molecule has 0 nitrogen and oxygen atoms in total. The molecular formula is C15H44. The van der Waals surface area contributed by atoms with Gasteiger partial charge in [0.05, 0.1) is 0 Å². The number of hydrogen-bond donors (Lipinski definition) is 0. The van der Waals surface area contributed by atoms with Crippen molar-refractivity contribution in [1.82, 2.24) is 0 Å². The smallest absolute Gasteiger partial charge is 0.0590 e. The Morgan fingerprint density at radius 1 is 0.400 bits per heavy atom. The van der Waals surface area contributed by atoms with Crippen LogP contribution < -0.4 is 0 Å². The highest BCUT2D eigenvalue weighted by Gasteiger charge is 1.36. The summed E-state index contributed by atoms with van der Waals surface area (Å²) in [5, 5.41) is 0. The molecule has 0 aromatic rings. The Kier molecular flexibility index (Phi) is 805. The second-order valence-electron chi connectivity index (χ2n) is 2.12. The quantitative estimate of drug-likeness (QED) is 0.398. The van der Waals surface area contributed by atoms with E-state index in [1.165, 1.54) is 19.3 Å². The second kappa shape index (κ2) is 263. The van der Waals surface area contributed by atoms with Crippen LogP contribution in [0.4, 0.5) is 0 Å². The normalized spacial score (nSPS) is 4.40. The van der Waals surface area contributed by atoms with Crippen LogP contribution in [-0.4, -0.2) is 0 Å². The van der Waals surface area contributed by atoms with Gasteiger partial charge in [-0.15, -0.1) is 0 Å². The molecule has 0 saturated carbocycles. The molecule has 0 radical (unpaired) electrons. The van der Waals surface area contributed by atoms with E-state index in [1.54, 1.807) is 0 Å². The van der Waals surface area contributed by atoms with Crippen LogP contribution >= 0.6 is 0 Å². The Bertz CT molecular complexity index is 4.75. The summed E-state index contributed by atoms with van der Waals surface area (Å²) in [6.45, 7) is 20.8. The predicted molar refractivity (Wildman–Crippen MR) is 84.1 cm³/mol. The third-order valence-corrected chi connectivity index (χ3v) is 0. The topological polar surface area (TPSA) is 0 Å². The van der Waals surface area contributed by atoms with Crippen LogP contribution in [0, 0.1) is 0 Å². The van der Waals surface area contributed by atoms with Crippen LogP contribution in [0.3, 0.4) is 0 Å². The maximum atomic E-state index is 2.12. The molecule has 0 unspecified atom stereocenters. The SMILES string of the molecule is C.C.CC.CC.CCC.CCC.CCC. The summed E-state index contributed by atoms with van der Waals surface area (Å²) in [7, 11) is 0. The van der Waals surface area contributed by atoms with Crippen molar-refractivity contribution in [3.63, 3.8) is 0 Å². The van der Waals surface area contributed by atoms with Crippen molar-refractivity contribution in [2.75, 3.05) is 0 Å². The van der Waals surface area contributed by atoms with E-state index in [0.29, 0.717) is 0 Å². The molecule has 0 aromatic carbocycles. The van der Waals surface area contributed by atoms with E-state index in [0.717, 1.165) is 0 Å². The molecule has 0 spiro atoms. The highest BCUT2D eigenvalue weighted by molar-refractivity contribution is 3.92. The van der Waals surface area contributed by atoms with Gasteiger partial charge in [-0.3, -0.25) is 0 Å². The fourth-order valence-electron chi connectivity index (χ4n) is 0. The maximum absolute atomic E-state index is 2.12. The van der Waals surface area contributed by atoms with Gasteiger partial charge in [-0.1, -0.05) is 103 Å². The average Bonchev–Trinajstić information content (AvgIpc) is 2.14. The van der Waals surface area contributed by atoms with Gasteiger partial charge in [0.2, 0.25) is 0 Å². The van der Waals surface area contributed by atoms with Crippen molar-refractivity contribution >= 4 is 0 Å². The van der Waals surface area contributed by atoms with Gasteiger partial charge in [-0.2, -0.15) is 0 Å². The predicted octanol–water partition coefficient (Wildman–Crippen LogP) is 7.57. The largest absolute Gasteiger partial charge is 0.0776 e. The summed E-state index contributed by atoms with van der Waals surface area (Å²) in [6, 6.07) is 0. The van der Waals surface area contributed by atoms with E-state index in [9.17, 15) is 0 Å². The zero-order valence-corrected chi connectivity index (χ0v) is 12.1. The monoisotopic (exact) mass is 224 g/mol. The van der Waals surface area contributed by atoms with E-state index in [2.05, 4.69) is 41.5 Å².